The molecule has 0 saturated carbocycles. The van der Waals surface area contributed by atoms with Crippen molar-refractivity contribution in [3.8, 4) is 0 Å². The highest BCUT2D eigenvalue weighted by Gasteiger charge is 2.26. The van der Waals surface area contributed by atoms with E-state index in [2.05, 4.69) is 4.90 Å². The van der Waals surface area contributed by atoms with Gasteiger partial charge in [-0.2, -0.15) is 0 Å². The molecule has 0 aliphatic carbocycles. The van der Waals surface area contributed by atoms with E-state index < -0.39 is 6.10 Å². The molecule has 1 saturated heterocycles. The number of aliphatic hydroxyl groups excluding tert-OH is 1. The lowest BCUT2D eigenvalue weighted by Gasteiger charge is -2.32. The highest BCUT2D eigenvalue weighted by Crippen LogP contribution is 2.21. The van der Waals surface area contributed by atoms with Crippen LogP contribution in [0.1, 0.15) is 31.4 Å². The molecule has 1 aliphatic heterocycles. The molecule has 4 nitrogen and oxygen atoms in total. The predicted octanol–water partition coefficient (Wildman–Crippen LogP) is 2.13. The number of carbonyl (C=O) groups excluding carboxylic acids is 1. The number of piperidine rings is 1. The fraction of sp³-hybridized carbons (Fsp3) is 0.562. The van der Waals surface area contributed by atoms with Gasteiger partial charge in [-0.15, -0.1) is 0 Å². The molecule has 0 spiro atoms. The number of ether oxygens (including phenoxy) is 1. The molecule has 116 valence electrons. The zero-order valence-corrected chi connectivity index (χ0v) is 12.3. The van der Waals surface area contributed by atoms with E-state index in [-0.39, 0.29) is 17.7 Å². The van der Waals surface area contributed by atoms with Gasteiger partial charge in [-0.3, -0.25) is 4.79 Å². The molecule has 0 bridgehead atoms. The van der Waals surface area contributed by atoms with Crippen LogP contribution in [0.2, 0.25) is 0 Å². The molecule has 0 aromatic heterocycles. The second kappa shape index (κ2) is 7.52. The van der Waals surface area contributed by atoms with Crippen LogP contribution in [-0.2, 0) is 9.53 Å². The van der Waals surface area contributed by atoms with E-state index in [0.717, 1.165) is 25.9 Å². The van der Waals surface area contributed by atoms with E-state index in [1.54, 1.807) is 12.1 Å². The third-order valence-corrected chi connectivity index (χ3v) is 3.89. The van der Waals surface area contributed by atoms with Crippen molar-refractivity contribution in [3.63, 3.8) is 0 Å². The zero-order valence-electron chi connectivity index (χ0n) is 12.3. The van der Waals surface area contributed by atoms with Gasteiger partial charge in [-0.05, 0) is 50.6 Å². The Morgan fingerprint density at radius 3 is 2.57 bits per heavy atom. The van der Waals surface area contributed by atoms with Crippen molar-refractivity contribution in [2.75, 3.05) is 26.2 Å². The highest BCUT2D eigenvalue weighted by molar-refractivity contribution is 5.72. The van der Waals surface area contributed by atoms with Crippen molar-refractivity contribution < 1.29 is 19.0 Å². The van der Waals surface area contributed by atoms with Gasteiger partial charge in [0, 0.05) is 6.54 Å². The first kappa shape index (κ1) is 15.9. The van der Waals surface area contributed by atoms with Crippen LogP contribution in [0.15, 0.2) is 24.3 Å². The van der Waals surface area contributed by atoms with Gasteiger partial charge < -0.3 is 14.7 Å². The lowest BCUT2D eigenvalue weighted by Crippen LogP contribution is -2.39. The molecular weight excluding hydrogens is 273 g/mol. The van der Waals surface area contributed by atoms with E-state index in [9.17, 15) is 14.3 Å². The molecule has 1 atom stereocenters. The number of hydrogen-bond acceptors (Lipinski definition) is 4. The van der Waals surface area contributed by atoms with Gasteiger partial charge in [0.15, 0.2) is 0 Å². The average Bonchev–Trinajstić information content (AvgIpc) is 2.49. The number of carbonyl (C=O) groups is 1. The SMILES string of the molecule is CCOC(=O)C1CCN(C[C@@H](O)c2ccc(F)cc2)CC1. The van der Waals surface area contributed by atoms with Gasteiger partial charge in [-0.1, -0.05) is 12.1 Å². The summed E-state index contributed by atoms with van der Waals surface area (Å²) >= 11 is 0. The average molecular weight is 295 g/mol. The summed E-state index contributed by atoms with van der Waals surface area (Å²) in [5, 5.41) is 10.2. The molecule has 2 rings (SSSR count). The first-order valence-electron chi connectivity index (χ1n) is 7.42. The van der Waals surface area contributed by atoms with Crippen molar-refractivity contribution in [2.24, 2.45) is 5.92 Å². The summed E-state index contributed by atoms with van der Waals surface area (Å²) in [7, 11) is 0. The molecule has 0 amide bonds. The number of hydrogen-bond donors (Lipinski definition) is 1. The van der Waals surface area contributed by atoms with Gasteiger partial charge in [0.1, 0.15) is 5.82 Å². The molecule has 21 heavy (non-hydrogen) atoms. The summed E-state index contributed by atoms with van der Waals surface area (Å²) in [5.74, 6) is -0.443. The molecule has 1 aromatic rings. The standard InChI is InChI=1S/C16H22FNO3/c1-2-21-16(20)13-7-9-18(10-8-13)11-15(19)12-3-5-14(17)6-4-12/h3-6,13,15,19H,2,7-11H2,1H3/t15-/m1/s1. The van der Waals surface area contributed by atoms with E-state index in [1.807, 2.05) is 6.92 Å². The van der Waals surface area contributed by atoms with Gasteiger partial charge >= 0.3 is 5.97 Å². The van der Waals surface area contributed by atoms with Gasteiger partial charge in [0.2, 0.25) is 0 Å². The fourth-order valence-electron chi connectivity index (χ4n) is 2.65. The maximum atomic E-state index is 12.9. The van der Waals surface area contributed by atoms with E-state index >= 15 is 0 Å². The molecule has 1 aromatic carbocycles. The Morgan fingerprint density at radius 2 is 2.00 bits per heavy atom. The number of benzene rings is 1. The Kier molecular flexibility index (Phi) is 5.70. The number of esters is 1. The molecule has 1 heterocycles. The summed E-state index contributed by atoms with van der Waals surface area (Å²) in [4.78, 5) is 13.8. The van der Waals surface area contributed by atoms with E-state index in [1.165, 1.54) is 12.1 Å². The summed E-state index contributed by atoms with van der Waals surface area (Å²) in [6.45, 7) is 4.26. The second-order valence-electron chi connectivity index (χ2n) is 5.39. The molecule has 0 radical (unpaired) electrons. The Balaban J connectivity index is 1.80. The molecule has 1 fully saturated rings. The minimum absolute atomic E-state index is 0.0239. The molecular formula is C16H22FNO3. The van der Waals surface area contributed by atoms with E-state index in [0.29, 0.717) is 18.7 Å². The number of nitrogens with zero attached hydrogens (tertiary/aromatic N) is 1. The Morgan fingerprint density at radius 1 is 1.38 bits per heavy atom. The van der Waals surface area contributed by atoms with Crippen LogP contribution in [-0.4, -0.2) is 42.2 Å². The molecule has 1 aliphatic rings. The van der Waals surface area contributed by atoms with Crippen LogP contribution in [0.5, 0.6) is 0 Å². The lowest BCUT2D eigenvalue weighted by molar-refractivity contribution is -0.149. The number of β-amino-alcohol motifs (C(OH)–C–C–N with tert-alkyl or cyclic N) is 1. The topological polar surface area (TPSA) is 49.8 Å². The van der Waals surface area contributed by atoms with Crippen LogP contribution >= 0.6 is 0 Å². The minimum Gasteiger partial charge on any atom is -0.466 e. The minimum atomic E-state index is -0.634. The van der Waals surface area contributed by atoms with Crippen molar-refractivity contribution in [3.05, 3.63) is 35.6 Å². The quantitative estimate of drug-likeness (QED) is 0.846. The maximum Gasteiger partial charge on any atom is 0.309 e. The van der Waals surface area contributed by atoms with Crippen LogP contribution in [0.4, 0.5) is 4.39 Å². The smallest absolute Gasteiger partial charge is 0.309 e. The molecule has 1 N–H and O–H groups in total. The normalized spacial score (nSPS) is 18.4. The summed E-state index contributed by atoms with van der Waals surface area (Å²) in [6, 6.07) is 5.91. The van der Waals surface area contributed by atoms with Gasteiger partial charge in [-0.25, -0.2) is 4.39 Å². The first-order valence-corrected chi connectivity index (χ1v) is 7.42. The number of halogens is 1. The first-order chi connectivity index (χ1) is 10.1. The summed E-state index contributed by atoms with van der Waals surface area (Å²) < 4.78 is 17.9. The van der Waals surface area contributed by atoms with Crippen LogP contribution < -0.4 is 0 Å². The predicted molar refractivity (Wildman–Crippen MR) is 77.2 cm³/mol. The third kappa shape index (κ3) is 4.51. The van der Waals surface area contributed by atoms with Gasteiger partial charge in [0.05, 0.1) is 18.6 Å². The molecule has 5 heteroatoms. The maximum absolute atomic E-state index is 12.9. The Hall–Kier alpha value is -1.46. The Labute approximate surface area is 124 Å². The van der Waals surface area contributed by atoms with E-state index in [4.69, 9.17) is 4.74 Å². The van der Waals surface area contributed by atoms with Crippen molar-refractivity contribution in [1.82, 2.24) is 4.90 Å². The van der Waals surface area contributed by atoms with Crippen LogP contribution in [0, 0.1) is 11.7 Å². The summed E-state index contributed by atoms with van der Waals surface area (Å²) in [5.41, 5.74) is 0.712. The van der Waals surface area contributed by atoms with Gasteiger partial charge in [0.25, 0.3) is 0 Å². The highest BCUT2D eigenvalue weighted by atomic mass is 19.1. The van der Waals surface area contributed by atoms with Crippen LogP contribution in [0.25, 0.3) is 0 Å². The van der Waals surface area contributed by atoms with Crippen molar-refractivity contribution in [2.45, 2.75) is 25.9 Å². The molecule has 0 unspecified atom stereocenters. The third-order valence-electron chi connectivity index (χ3n) is 3.89. The zero-order chi connectivity index (χ0) is 15.2. The Bertz CT molecular complexity index is 455. The largest absolute Gasteiger partial charge is 0.466 e. The second-order valence-corrected chi connectivity index (χ2v) is 5.39. The number of aliphatic hydroxyl groups is 1. The summed E-state index contributed by atoms with van der Waals surface area (Å²) in [6.07, 6.45) is 0.883. The van der Waals surface area contributed by atoms with Crippen molar-refractivity contribution >= 4 is 5.97 Å². The monoisotopic (exact) mass is 295 g/mol. The van der Waals surface area contributed by atoms with Crippen LogP contribution in [0.3, 0.4) is 0 Å². The van der Waals surface area contributed by atoms with Crippen molar-refractivity contribution in [1.29, 1.82) is 0 Å². The fourth-order valence-corrected chi connectivity index (χ4v) is 2.65. The number of likely N-dealkylation sites (tertiary alicyclic amines) is 1. The number of rotatable bonds is 5. The lowest BCUT2D eigenvalue weighted by atomic mass is 9.96.